The number of amides is 1. The lowest BCUT2D eigenvalue weighted by Crippen LogP contribution is -2.13. The van der Waals surface area contributed by atoms with Crippen LogP contribution in [0.15, 0.2) is 47.1 Å². The summed E-state index contributed by atoms with van der Waals surface area (Å²) in [5, 5.41) is 6.26. The normalized spacial score (nSPS) is 13.8. The minimum absolute atomic E-state index is 0.126. The van der Waals surface area contributed by atoms with Crippen LogP contribution in [0.3, 0.4) is 0 Å². The molecule has 2 N–H and O–H groups in total. The molecule has 0 bridgehead atoms. The first kappa shape index (κ1) is 14.1. The predicted molar refractivity (Wildman–Crippen MR) is 87.1 cm³/mol. The van der Waals surface area contributed by atoms with E-state index in [2.05, 4.69) is 31.5 Å². The molecule has 3 rings (SSSR count). The van der Waals surface area contributed by atoms with E-state index in [0.29, 0.717) is 6.54 Å². The van der Waals surface area contributed by atoms with Gasteiger partial charge in [0.1, 0.15) is 4.60 Å². The fraction of sp³-hybridized carbons (Fsp3) is 0.250. The second-order valence-corrected chi connectivity index (χ2v) is 5.96. The topological polar surface area (TPSA) is 54.0 Å². The third kappa shape index (κ3) is 4.04. The van der Waals surface area contributed by atoms with Crippen LogP contribution in [-0.4, -0.2) is 10.9 Å². The molecule has 21 heavy (non-hydrogen) atoms. The highest BCUT2D eigenvalue weighted by Gasteiger charge is 2.29. The molecular weight excluding hydrogens is 330 g/mol. The molecule has 1 aliphatic carbocycles. The summed E-state index contributed by atoms with van der Waals surface area (Å²) >= 11 is 3.36. The summed E-state index contributed by atoms with van der Waals surface area (Å²) in [6, 6.07) is 13.6. The minimum atomic E-state index is 0.126. The van der Waals surface area contributed by atoms with Crippen LogP contribution in [0.5, 0.6) is 0 Å². The Bertz CT molecular complexity index is 655. The molecule has 0 unspecified atom stereocenters. The molecule has 0 aliphatic heterocycles. The van der Waals surface area contributed by atoms with E-state index in [9.17, 15) is 4.79 Å². The second kappa shape index (κ2) is 6.26. The Morgan fingerprint density at radius 3 is 2.71 bits per heavy atom. The van der Waals surface area contributed by atoms with Gasteiger partial charge in [0.05, 0.1) is 12.2 Å². The zero-order valence-electron chi connectivity index (χ0n) is 11.5. The lowest BCUT2D eigenvalue weighted by atomic mass is 10.2. The van der Waals surface area contributed by atoms with Crippen LogP contribution in [0.25, 0.3) is 0 Å². The van der Waals surface area contributed by atoms with Crippen molar-refractivity contribution in [2.45, 2.75) is 19.4 Å². The molecule has 0 saturated heterocycles. The minimum Gasteiger partial charge on any atom is -0.379 e. The standard InChI is InChI=1S/C16H16BrN3O/c17-15-6-2-5-14(19-15)10-18-12-3-1-4-13(9-12)20-16(21)11-7-8-11/h1-6,9,11,18H,7-8,10H2,(H,20,21). The molecular formula is C16H16BrN3O. The summed E-state index contributed by atoms with van der Waals surface area (Å²) in [6.07, 6.45) is 2.02. The summed E-state index contributed by atoms with van der Waals surface area (Å²) in [4.78, 5) is 16.1. The third-order valence-corrected chi connectivity index (χ3v) is 3.77. The molecule has 5 heteroatoms. The lowest BCUT2D eigenvalue weighted by molar-refractivity contribution is -0.117. The molecule has 1 amide bonds. The van der Waals surface area contributed by atoms with E-state index in [1.54, 1.807) is 0 Å². The Kier molecular flexibility index (Phi) is 4.20. The summed E-state index contributed by atoms with van der Waals surface area (Å²) in [6.45, 7) is 0.638. The van der Waals surface area contributed by atoms with E-state index in [-0.39, 0.29) is 11.8 Å². The average molecular weight is 346 g/mol. The lowest BCUT2D eigenvalue weighted by Gasteiger charge is -2.09. The van der Waals surface area contributed by atoms with Crippen molar-refractivity contribution < 1.29 is 4.79 Å². The molecule has 1 aromatic carbocycles. The molecule has 0 radical (unpaired) electrons. The maximum Gasteiger partial charge on any atom is 0.227 e. The van der Waals surface area contributed by atoms with Crippen LogP contribution in [0.4, 0.5) is 11.4 Å². The Morgan fingerprint density at radius 2 is 1.95 bits per heavy atom. The van der Waals surface area contributed by atoms with Crippen molar-refractivity contribution in [3.05, 3.63) is 52.8 Å². The number of rotatable bonds is 5. The number of nitrogens with one attached hydrogen (secondary N) is 2. The van der Waals surface area contributed by atoms with Crippen molar-refractivity contribution >= 4 is 33.2 Å². The van der Waals surface area contributed by atoms with Gasteiger partial charge in [0.2, 0.25) is 5.91 Å². The van der Waals surface area contributed by atoms with Gasteiger partial charge in [0.15, 0.2) is 0 Å². The van der Waals surface area contributed by atoms with E-state index in [4.69, 9.17) is 0 Å². The Balaban J connectivity index is 1.61. The number of nitrogens with zero attached hydrogens (tertiary/aromatic N) is 1. The van der Waals surface area contributed by atoms with Gasteiger partial charge in [-0.3, -0.25) is 4.79 Å². The molecule has 4 nitrogen and oxygen atoms in total. The first-order chi connectivity index (χ1) is 10.2. The second-order valence-electron chi connectivity index (χ2n) is 5.15. The Labute approximate surface area is 132 Å². The largest absolute Gasteiger partial charge is 0.379 e. The van der Waals surface area contributed by atoms with Gasteiger partial charge in [-0.05, 0) is 59.1 Å². The molecule has 1 aliphatic rings. The van der Waals surface area contributed by atoms with Crippen molar-refractivity contribution in [1.82, 2.24) is 4.98 Å². The zero-order valence-corrected chi connectivity index (χ0v) is 13.1. The van der Waals surface area contributed by atoms with Crippen LogP contribution >= 0.6 is 15.9 Å². The number of halogens is 1. The van der Waals surface area contributed by atoms with Crippen LogP contribution in [-0.2, 0) is 11.3 Å². The van der Waals surface area contributed by atoms with Crippen molar-refractivity contribution in [1.29, 1.82) is 0 Å². The number of carbonyl (C=O) groups is 1. The van der Waals surface area contributed by atoms with Gasteiger partial charge in [-0.25, -0.2) is 4.98 Å². The number of carbonyl (C=O) groups excluding carboxylic acids is 1. The van der Waals surface area contributed by atoms with E-state index in [0.717, 1.165) is 34.5 Å². The van der Waals surface area contributed by atoms with Gasteiger partial charge in [-0.15, -0.1) is 0 Å². The number of anilines is 2. The summed E-state index contributed by atoms with van der Waals surface area (Å²) in [5.74, 6) is 0.341. The smallest absolute Gasteiger partial charge is 0.227 e. The SMILES string of the molecule is O=C(Nc1cccc(NCc2cccc(Br)n2)c1)C1CC1. The average Bonchev–Trinajstić information content (AvgIpc) is 3.30. The van der Waals surface area contributed by atoms with Crippen molar-refractivity contribution in [2.75, 3.05) is 10.6 Å². The van der Waals surface area contributed by atoms with Gasteiger partial charge in [-0.1, -0.05) is 12.1 Å². The molecule has 0 atom stereocenters. The fourth-order valence-corrected chi connectivity index (χ4v) is 2.42. The van der Waals surface area contributed by atoms with Crippen LogP contribution in [0.2, 0.25) is 0 Å². The predicted octanol–water partition coefficient (Wildman–Crippen LogP) is 3.80. The maximum atomic E-state index is 11.8. The van der Waals surface area contributed by atoms with Crippen molar-refractivity contribution in [2.24, 2.45) is 5.92 Å². The van der Waals surface area contributed by atoms with Gasteiger partial charge in [-0.2, -0.15) is 0 Å². The number of hydrogen-bond donors (Lipinski definition) is 2. The summed E-state index contributed by atoms with van der Waals surface area (Å²) in [7, 11) is 0. The molecule has 1 fully saturated rings. The number of aromatic nitrogens is 1. The highest BCUT2D eigenvalue weighted by atomic mass is 79.9. The Morgan fingerprint density at radius 1 is 1.19 bits per heavy atom. The molecule has 1 saturated carbocycles. The highest BCUT2D eigenvalue weighted by Crippen LogP contribution is 2.30. The molecule has 1 heterocycles. The third-order valence-electron chi connectivity index (χ3n) is 3.32. The summed E-state index contributed by atoms with van der Waals surface area (Å²) in [5.41, 5.74) is 2.75. The monoisotopic (exact) mass is 345 g/mol. The zero-order chi connectivity index (χ0) is 14.7. The van der Waals surface area contributed by atoms with Gasteiger partial charge in [0, 0.05) is 17.3 Å². The summed E-state index contributed by atoms with van der Waals surface area (Å²) < 4.78 is 0.826. The number of benzene rings is 1. The number of hydrogen-bond acceptors (Lipinski definition) is 3. The van der Waals surface area contributed by atoms with Crippen LogP contribution < -0.4 is 10.6 Å². The number of pyridine rings is 1. The van der Waals surface area contributed by atoms with Gasteiger partial charge >= 0.3 is 0 Å². The molecule has 2 aromatic rings. The highest BCUT2D eigenvalue weighted by molar-refractivity contribution is 9.10. The van der Waals surface area contributed by atoms with Crippen molar-refractivity contribution in [3.8, 4) is 0 Å². The molecule has 1 aromatic heterocycles. The van der Waals surface area contributed by atoms with E-state index < -0.39 is 0 Å². The van der Waals surface area contributed by atoms with Gasteiger partial charge < -0.3 is 10.6 Å². The van der Waals surface area contributed by atoms with Gasteiger partial charge in [0.25, 0.3) is 0 Å². The molecule has 108 valence electrons. The van der Waals surface area contributed by atoms with E-state index in [1.807, 2.05) is 42.5 Å². The Hall–Kier alpha value is -1.88. The first-order valence-corrected chi connectivity index (χ1v) is 7.76. The van der Waals surface area contributed by atoms with E-state index >= 15 is 0 Å². The van der Waals surface area contributed by atoms with Crippen molar-refractivity contribution in [3.63, 3.8) is 0 Å². The fourth-order valence-electron chi connectivity index (χ4n) is 2.04. The first-order valence-electron chi connectivity index (χ1n) is 6.97. The molecule has 0 spiro atoms. The maximum absolute atomic E-state index is 11.8. The van der Waals surface area contributed by atoms with E-state index in [1.165, 1.54) is 0 Å². The quantitative estimate of drug-likeness (QED) is 0.810. The van der Waals surface area contributed by atoms with Crippen LogP contribution in [0, 0.1) is 5.92 Å². The van der Waals surface area contributed by atoms with Crippen LogP contribution in [0.1, 0.15) is 18.5 Å².